The van der Waals surface area contributed by atoms with Gasteiger partial charge in [-0.3, -0.25) is 4.99 Å². The second kappa shape index (κ2) is 4.91. The second-order valence-electron chi connectivity index (χ2n) is 1.26. The zero-order valence-corrected chi connectivity index (χ0v) is 6.16. The molecule has 0 fully saturated rings. The van der Waals surface area contributed by atoms with Crippen molar-refractivity contribution in [1.82, 2.24) is 0 Å². The molecule has 0 aliphatic heterocycles. The van der Waals surface area contributed by atoms with Crippen molar-refractivity contribution in [3.05, 3.63) is 12.0 Å². The molecule has 0 saturated heterocycles. The van der Waals surface area contributed by atoms with Crippen LogP contribution in [0, 0.1) is 0 Å². The van der Waals surface area contributed by atoms with Crippen molar-refractivity contribution in [1.29, 1.82) is 0 Å². The Bertz CT molecular complexity index is 96.7. The summed E-state index contributed by atoms with van der Waals surface area (Å²) >= 11 is 1.59. The van der Waals surface area contributed by atoms with Crippen LogP contribution < -0.4 is 0 Å². The number of nitrogens with zero attached hydrogens (tertiary/aromatic N) is 1. The van der Waals surface area contributed by atoms with E-state index in [9.17, 15) is 0 Å². The highest BCUT2D eigenvalue weighted by Gasteiger charge is 1.87. The SMILES string of the molecule is C=CSC(CC)=NC. The van der Waals surface area contributed by atoms with E-state index in [0.29, 0.717) is 0 Å². The van der Waals surface area contributed by atoms with Gasteiger partial charge in [0, 0.05) is 7.05 Å². The Morgan fingerprint density at radius 2 is 2.50 bits per heavy atom. The van der Waals surface area contributed by atoms with Gasteiger partial charge in [0.15, 0.2) is 0 Å². The molecule has 0 N–H and O–H groups in total. The molecule has 0 spiro atoms. The van der Waals surface area contributed by atoms with Crippen molar-refractivity contribution in [3.8, 4) is 0 Å². The Labute approximate surface area is 54.9 Å². The highest BCUT2D eigenvalue weighted by atomic mass is 32.2. The lowest BCUT2D eigenvalue weighted by Crippen LogP contribution is -1.83. The van der Waals surface area contributed by atoms with E-state index in [4.69, 9.17) is 0 Å². The monoisotopic (exact) mass is 129 g/mol. The molecule has 0 radical (unpaired) electrons. The highest BCUT2D eigenvalue weighted by molar-refractivity contribution is 8.16. The van der Waals surface area contributed by atoms with E-state index in [1.807, 2.05) is 0 Å². The van der Waals surface area contributed by atoms with Gasteiger partial charge >= 0.3 is 0 Å². The Balaban J connectivity index is 3.53. The summed E-state index contributed by atoms with van der Waals surface area (Å²) in [7, 11) is 1.80. The van der Waals surface area contributed by atoms with Crippen molar-refractivity contribution in [2.24, 2.45) is 4.99 Å². The number of hydrogen-bond acceptors (Lipinski definition) is 2. The van der Waals surface area contributed by atoms with Gasteiger partial charge in [0.25, 0.3) is 0 Å². The van der Waals surface area contributed by atoms with Crippen LogP contribution in [-0.2, 0) is 0 Å². The molecule has 0 aliphatic rings. The van der Waals surface area contributed by atoms with Gasteiger partial charge in [0.05, 0.1) is 5.04 Å². The zero-order valence-electron chi connectivity index (χ0n) is 5.35. The summed E-state index contributed by atoms with van der Waals surface area (Å²) in [4.78, 5) is 4.00. The summed E-state index contributed by atoms with van der Waals surface area (Å²) < 4.78 is 0. The van der Waals surface area contributed by atoms with E-state index in [1.165, 1.54) is 0 Å². The fourth-order valence-electron chi connectivity index (χ4n) is 0.390. The van der Waals surface area contributed by atoms with Gasteiger partial charge in [0.2, 0.25) is 0 Å². The first kappa shape index (κ1) is 7.76. The van der Waals surface area contributed by atoms with E-state index in [-0.39, 0.29) is 0 Å². The van der Waals surface area contributed by atoms with Crippen LogP contribution in [0.3, 0.4) is 0 Å². The van der Waals surface area contributed by atoms with E-state index in [1.54, 1.807) is 24.2 Å². The molecule has 46 valence electrons. The van der Waals surface area contributed by atoms with Crippen molar-refractivity contribution in [3.63, 3.8) is 0 Å². The molecular formula is C6H11NS. The molecule has 0 aromatic carbocycles. The summed E-state index contributed by atoms with van der Waals surface area (Å²) in [6.45, 7) is 5.66. The van der Waals surface area contributed by atoms with Crippen LogP contribution in [-0.4, -0.2) is 12.1 Å². The highest BCUT2D eigenvalue weighted by Crippen LogP contribution is 2.06. The van der Waals surface area contributed by atoms with Gasteiger partial charge in [-0.05, 0) is 11.8 Å². The maximum Gasteiger partial charge on any atom is 0.0711 e. The molecular weight excluding hydrogens is 118 g/mol. The third kappa shape index (κ3) is 2.86. The van der Waals surface area contributed by atoms with Gasteiger partial charge in [-0.15, -0.1) is 0 Å². The molecule has 0 atom stereocenters. The minimum Gasteiger partial charge on any atom is -0.286 e. The van der Waals surface area contributed by atoms with Crippen molar-refractivity contribution >= 4 is 16.8 Å². The van der Waals surface area contributed by atoms with Crippen LogP contribution >= 0.6 is 11.8 Å². The summed E-state index contributed by atoms with van der Waals surface area (Å²) in [6.07, 6.45) is 1.01. The molecule has 0 rings (SSSR count). The predicted molar refractivity (Wildman–Crippen MR) is 41.4 cm³/mol. The summed E-state index contributed by atoms with van der Waals surface area (Å²) in [5.41, 5.74) is 0. The zero-order chi connectivity index (χ0) is 6.41. The van der Waals surface area contributed by atoms with Crippen LogP contribution in [0.1, 0.15) is 13.3 Å². The van der Waals surface area contributed by atoms with Crippen LogP contribution in [0.25, 0.3) is 0 Å². The fraction of sp³-hybridized carbons (Fsp3) is 0.500. The molecule has 0 aromatic rings. The number of rotatable bonds is 2. The van der Waals surface area contributed by atoms with Crippen LogP contribution in [0.15, 0.2) is 17.0 Å². The topological polar surface area (TPSA) is 12.4 Å². The average Bonchev–Trinajstić information content (AvgIpc) is 1.83. The first-order chi connectivity index (χ1) is 3.85. The van der Waals surface area contributed by atoms with Gasteiger partial charge < -0.3 is 0 Å². The largest absolute Gasteiger partial charge is 0.286 e. The normalized spacial score (nSPS) is 11.5. The predicted octanol–water partition coefficient (Wildman–Crippen LogP) is 2.30. The molecule has 0 heterocycles. The standard InChI is InChI=1S/C6H11NS/c1-4-6(7-3)8-5-2/h5H,2,4H2,1,3H3. The Morgan fingerprint density at radius 3 is 2.62 bits per heavy atom. The molecule has 0 bridgehead atoms. The molecule has 0 aromatic heterocycles. The molecule has 0 saturated carbocycles. The lowest BCUT2D eigenvalue weighted by molar-refractivity contribution is 1.28. The smallest absolute Gasteiger partial charge is 0.0711 e. The first-order valence-corrected chi connectivity index (χ1v) is 3.46. The van der Waals surface area contributed by atoms with E-state index in [0.717, 1.165) is 11.5 Å². The quantitative estimate of drug-likeness (QED) is 0.411. The van der Waals surface area contributed by atoms with E-state index in [2.05, 4.69) is 18.5 Å². The number of thioether (sulfide) groups is 1. The van der Waals surface area contributed by atoms with Gasteiger partial charge in [-0.2, -0.15) is 0 Å². The van der Waals surface area contributed by atoms with E-state index >= 15 is 0 Å². The molecule has 0 aliphatic carbocycles. The second-order valence-corrected chi connectivity index (χ2v) is 2.30. The fourth-order valence-corrected chi connectivity index (χ4v) is 0.855. The van der Waals surface area contributed by atoms with Crippen molar-refractivity contribution in [2.75, 3.05) is 7.05 Å². The number of hydrogen-bond donors (Lipinski definition) is 0. The third-order valence-electron chi connectivity index (χ3n) is 0.771. The summed E-state index contributed by atoms with van der Waals surface area (Å²) in [5.74, 6) is 0. The summed E-state index contributed by atoms with van der Waals surface area (Å²) in [5, 5.41) is 2.94. The summed E-state index contributed by atoms with van der Waals surface area (Å²) in [6, 6.07) is 0. The third-order valence-corrected chi connectivity index (χ3v) is 1.68. The van der Waals surface area contributed by atoms with Crippen LogP contribution in [0.2, 0.25) is 0 Å². The lowest BCUT2D eigenvalue weighted by Gasteiger charge is -1.92. The number of aliphatic imine (C=N–C) groups is 1. The van der Waals surface area contributed by atoms with Gasteiger partial charge in [-0.25, -0.2) is 0 Å². The average molecular weight is 129 g/mol. The molecule has 1 nitrogen and oxygen atoms in total. The first-order valence-electron chi connectivity index (χ1n) is 2.58. The van der Waals surface area contributed by atoms with Gasteiger partial charge in [0.1, 0.15) is 0 Å². The maximum atomic E-state index is 4.00. The Morgan fingerprint density at radius 1 is 1.88 bits per heavy atom. The van der Waals surface area contributed by atoms with Gasteiger partial charge in [-0.1, -0.05) is 25.3 Å². The molecule has 2 heteroatoms. The van der Waals surface area contributed by atoms with E-state index < -0.39 is 0 Å². The minimum atomic E-state index is 1.01. The van der Waals surface area contributed by atoms with Crippen molar-refractivity contribution < 1.29 is 0 Å². The minimum absolute atomic E-state index is 1.01. The van der Waals surface area contributed by atoms with Crippen molar-refractivity contribution in [2.45, 2.75) is 13.3 Å². The Hall–Kier alpha value is -0.240. The van der Waals surface area contributed by atoms with Crippen LogP contribution in [0.5, 0.6) is 0 Å². The molecule has 8 heavy (non-hydrogen) atoms. The molecule has 0 unspecified atom stereocenters. The lowest BCUT2D eigenvalue weighted by atomic mass is 10.5. The molecule has 0 amide bonds. The van der Waals surface area contributed by atoms with Crippen LogP contribution in [0.4, 0.5) is 0 Å². The maximum absolute atomic E-state index is 4.00. The Kier molecular flexibility index (Phi) is 4.76.